The molecule has 18 heavy (non-hydrogen) atoms. The lowest BCUT2D eigenvalue weighted by Crippen LogP contribution is -2.20. The summed E-state index contributed by atoms with van der Waals surface area (Å²) in [6, 6.07) is 2.82. The summed E-state index contributed by atoms with van der Waals surface area (Å²) in [5.74, 6) is 2.26. The Kier molecular flexibility index (Phi) is 4.53. The van der Waals surface area contributed by atoms with Gasteiger partial charge in [0.15, 0.2) is 0 Å². The first-order chi connectivity index (χ1) is 8.65. The van der Waals surface area contributed by atoms with Crippen molar-refractivity contribution in [3.63, 3.8) is 0 Å². The quantitative estimate of drug-likeness (QED) is 0.728. The summed E-state index contributed by atoms with van der Waals surface area (Å²) in [4.78, 5) is 8.98. The second kappa shape index (κ2) is 6.14. The molecule has 0 atom stereocenters. The van der Waals surface area contributed by atoms with Gasteiger partial charge in [0, 0.05) is 30.3 Å². The van der Waals surface area contributed by atoms with Gasteiger partial charge in [0.2, 0.25) is 0 Å². The predicted octanol–water partition coefficient (Wildman–Crippen LogP) is 2.46. The highest BCUT2D eigenvalue weighted by Crippen LogP contribution is 2.18. The third-order valence-corrected chi connectivity index (χ3v) is 3.06. The molecule has 0 aliphatic heterocycles. The van der Waals surface area contributed by atoms with Gasteiger partial charge in [0.05, 0.1) is 0 Å². The van der Waals surface area contributed by atoms with Crippen LogP contribution in [0.3, 0.4) is 0 Å². The molecule has 0 spiro atoms. The zero-order valence-corrected chi connectivity index (χ0v) is 11.7. The maximum absolute atomic E-state index is 4.54. The van der Waals surface area contributed by atoms with Gasteiger partial charge in [-0.3, -0.25) is 0 Å². The van der Waals surface area contributed by atoms with Crippen LogP contribution in [0.2, 0.25) is 0 Å². The first kappa shape index (κ1) is 13.3. The molecule has 0 bridgehead atoms. The molecule has 1 fully saturated rings. The van der Waals surface area contributed by atoms with Crippen molar-refractivity contribution in [2.24, 2.45) is 0 Å². The molecular weight excluding hydrogens is 224 g/mol. The van der Waals surface area contributed by atoms with Gasteiger partial charge in [0.1, 0.15) is 11.6 Å². The average molecular weight is 248 g/mol. The van der Waals surface area contributed by atoms with Crippen LogP contribution in [0.1, 0.15) is 50.5 Å². The summed E-state index contributed by atoms with van der Waals surface area (Å²) in [6.45, 7) is 8.33. The van der Waals surface area contributed by atoms with E-state index < -0.39 is 0 Å². The molecule has 1 saturated carbocycles. The van der Waals surface area contributed by atoms with Gasteiger partial charge in [-0.25, -0.2) is 9.97 Å². The van der Waals surface area contributed by atoms with E-state index in [1.54, 1.807) is 0 Å². The van der Waals surface area contributed by atoms with Crippen molar-refractivity contribution in [3.05, 3.63) is 17.6 Å². The highest BCUT2D eigenvalue weighted by Gasteiger charge is 2.19. The Balaban J connectivity index is 1.76. The van der Waals surface area contributed by atoms with E-state index in [2.05, 4.69) is 34.4 Å². The lowest BCUT2D eigenvalue weighted by molar-refractivity contribution is 0.658. The van der Waals surface area contributed by atoms with E-state index in [4.69, 9.17) is 0 Å². The Bertz CT molecular complexity index is 385. The maximum atomic E-state index is 4.54. The third kappa shape index (κ3) is 4.26. The monoisotopic (exact) mass is 248 g/mol. The van der Waals surface area contributed by atoms with Crippen LogP contribution in [-0.4, -0.2) is 29.1 Å². The average Bonchev–Trinajstić information content (AvgIpc) is 3.12. The topological polar surface area (TPSA) is 49.8 Å². The highest BCUT2D eigenvalue weighted by atomic mass is 15.0. The summed E-state index contributed by atoms with van der Waals surface area (Å²) in [7, 11) is 0. The van der Waals surface area contributed by atoms with Crippen molar-refractivity contribution < 1.29 is 0 Å². The molecule has 1 heterocycles. The number of nitrogens with one attached hydrogen (secondary N) is 2. The molecule has 100 valence electrons. The number of aryl methyl sites for hydroxylation is 1. The first-order valence-electron chi connectivity index (χ1n) is 6.98. The summed E-state index contributed by atoms with van der Waals surface area (Å²) in [6.07, 6.45) is 3.85. The van der Waals surface area contributed by atoms with Crippen molar-refractivity contribution >= 4 is 5.82 Å². The zero-order chi connectivity index (χ0) is 13.0. The fraction of sp³-hybridized carbons (Fsp3) is 0.714. The molecule has 0 unspecified atom stereocenters. The standard InChI is InChI=1S/C14H24N4/c1-10(2)14-17-11(3)9-13(18-14)16-8-4-7-15-12-5-6-12/h9-10,12,15H,4-8H2,1-3H3,(H,16,17,18). The number of nitrogens with zero attached hydrogens (tertiary/aromatic N) is 2. The first-order valence-corrected chi connectivity index (χ1v) is 6.98. The Morgan fingerprint density at radius 2 is 2.06 bits per heavy atom. The maximum Gasteiger partial charge on any atom is 0.133 e. The Labute approximate surface area is 110 Å². The number of aromatic nitrogens is 2. The van der Waals surface area contributed by atoms with Crippen molar-refractivity contribution in [1.29, 1.82) is 0 Å². The van der Waals surface area contributed by atoms with Crippen LogP contribution >= 0.6 is 0 Å². The number of anilines is 1. The zero-order valence-electron chi connectivity index (χ0n) is 11.7. The Morgan fingerprint density at radius 1 is 1.28 bits per heavy atom. The lowest BCUT2D eigenvalue weighted by atomic mass is 10.2. The number of rotatable bonds is 7. The lowest BCUT2D eigenvalue weighted by Gasteiger charge is -2.10. The molecule has 4 nitrogen and oxygen atoms in total. The minimum absolute atomic E-state index is 0.377. The fourth-order valence-corrected chi connectivity index (χ4v) is 1.84. The molecule has 0 saturated heterocycles. The van der Waals surface area contributed by atoms with Gasteiger partial charge in [-0.05, 0) is 32.7 Å². The van der Waals surface area contributed by atoms with Crippen molar-refractivity contribution in [3.8, 4) is 0 Å². The van der Waals surface area contributed by atoms with Gasteiger partial charge in [-0.2, -0.15) is 0 Å². The van der Waals surface area contributed by atoms with Gasteiger partial charge >= 0.3 is 0 Å². The van der Waals surface area contributed by atoms with E-state index >= 15 is 0 Å². The van der Waals surface area contributed by atoms with E-state index in [1.165, 1.54) is 12.8 Å². The second-order valence-electron chi connectivity index (χ2n) is 5.42. The fourth-order valence-electron chi connectivity index (χ4n) is 1.84. The Morgan fingerprint density at radius 3 is 2.72 bits per heavy atom. The van der Waals surface area contributed by atoms with Crippen LogP contribution < -0.4 is 10.6 Å². The summed E-state index contributed by atoms with van der Waals surface area (Å²) in [5.41, 5.74) is 1.03. The minimum Gasteiger partial charge on any atom is -0.370 e. The summed E-state index contributed by atoms with van der Waals surface area (Å²) in [5, 5.41) is 6.89. The van der Waals surface area contributed by atoms with Crippen LogP contribution in [0.25, 0.3) is 0 Å². The molecular formula is C14H24N4. The smallest absolute Gasteiger partial charge is 0.133 e. The molecule has 1 aromatic rings. The molecule has 0 radical (unpaired) electrons. The van der Waals surface area contributed by atoms with E-state index in [0.717, 1.165) is 42.9 Å². The molecule has 1 aliphatic rings. The van der Waals surface area contributed by atoms with E-state index in [9.17, 15) is 0 Å². The van der Waals surface area contributed by atoms with Gasteiger partial charge in [-0.15, -0.1) is 0 Å². The number of hydrogen-bond acceptors (Lipinski definition) is 4. The largest absolute Gasteiger partial charge is 0.370 e. The van der Waals surface area contributed by atoms with E-state index in [1.807, 2.05) is 13.0 Å². The van der Waals surface area contributed by atoms with Crippen LogP contribution in [0.15, 0.2) is 6.07 Å². The molecule has 1 aromatic heterocycles. The Hall–Kier alpha value is -1.16. The van der Waals surface area contributed by atoms with Crippen LogP contribution in [0, 0.1) is 6.92 Å². The summed E-state index contributed by atoms with van der Waals surface area (Å²) < 4.78 is 0. The van der Waals surface area contributed by atoms with Crippen molar-refractivity contribution in [2.45, 2.75) is 52.0 Å². The minimum atomic E-state index is 0.377. The van der Waals surface area contributed by atoms with E-state index in [0.29, 0.717) is 5.92 Å². The van der Waals surface area contributed by atoms with E-state index in [-0.39, 0.29) is 0 Å². The molecule has 2 rings (SSSR count). The SMILES string of the molecule is Cc1cc(NCCCNC2CC2)nc(C(C)C)n1. The van der Waals surface area contributed by atoms with Gasteiger partial charge in [-0.1, -0.05) is 13.8 Å². The predicted molar refractivity (Wildman–Crippen MR) is 75.0 cm³/mol. The van der Waals surface area contributed by atoms with Crippen molar-refractivity contribution in [2.75, 3.05) is 18.4 Å². The highest BCUT2D eigenvalue weighted by molar-refractivity contribution is 5.36. The molecule has 2 N–H and O–H groups in total. The molecule has 1 aliphatic carbocycles. The molecule has 0 amide bonds. The van der Waals surface area contributed by atoms with Crippen LogP contribution in [-0.2, 0) is 0 Å². The van der Waals surface area contributed by atoms with Gasteiger partial charge < -0.3 is 10.6 Å². The summed E-state index contributed by atoms with van der Waals surface area (Å²) >= 11 is 0. The second-order valence-corrected chi connectivity index (χ2v) is 5.42. The third-order valence-electron chi connectivity index (χ3n) is 3.06. The number of hydrogen-bond donors (Lipinski definition) is 2. The van der Waals surface area contributed by atoms with Crippen molar-refractivity contribution in [1.82, 2.24) is 15.3 Å². The van der Waals surface area contributed by atoms with Crippen LogP contribution in [0.5, 0.6) is 0 Å². The van der Waals surface area contributed by atoms with Gasteiger partial charge in [0.25, 0.3) is 0 Å². The normalized spacial score (nSPS) is 15.1. The molecule has 4 heteroatoms. The van der Waals surface area contributed by atoms with Crippen LogP contribution in [0.4, 0.5) is 5.82 Å². The molecule has 0 aromatic carbocycles.